The van der Waals surface area contributed by atoms with Gasteiger partial charge in [-0.1, -0.05) is 17.7 Å². The minimum atomic E-state index is -0.981. The van der Waals surface area contributed by atoms with Crippen LogP contribution in [0.5, 0.6) is 0 Å². The Hall–Kier alpha value is -1.33. The Bertz CT molecular complexity index is 462. The average Bonchev–Trinajstić information content (AvgIpc) is 2.39. The van der Waals surface area contributed by atoms with Gasteiger partial charge in [0.25, 0.3) is 0 Å². The number of methoxy groups -OCH3 is 1. The molecule has 1 rings (SSSR count). The van der Waals surface area contributed by atoms with Crippen molar-refractivity contribution < 1.29 is 18.7 Å². The van der Waals surface area contributed by atoms with Gasteiger partial charge >= 0.3 is 5.97 Å². The van der Waals surface area contributed by atoms with Gasteiger partial charge in [-0.2, -0.15) is 0 Å². The molecule has 104 valence electrons. The number of ether oxygens (including phenoxy) is 1. The molecule has 0 aliphatic rings. The SMILES string of the molecule is COC(=O)C(Cl)CNC(=O)Cc1c(F)cccc1Cl. The smallest absolute Gasteiger partial charge is 0.325 e. The standard InChI is InChI=1S/C12H12Cl2FNO3/c1-19-12(18)9(14)6-16-11(17)5-7-8(13)3-2-4-10(7)15/h2-4,9H,5-6H2,1H3,(H,16,17). The predicted molar refractivity (Wildman–Crippen MR) is 69.8 cm³/mol. The van der Waals surface area contributed by atoms with Crippen LogP contribution in [0.15, 0.2) is 18.2 Å². The van der Waals surface area contributed by atoms with Gasteiger partial charge in [0.15, 0.2) is 0 Å². The number of carbonyl (C=O) groups excluding carboxylic acids is 2. The Balaban J connectivity index is 2.54. The average molecular weight is 308 g/mol. The lowest BCUT2D eigenvalue weighted by Gasteiger charge is -2.10. The summed E-state index contributed by atoms with van der Waals surface area (Å²) in [6, 6.07) is 4.16. The third-order valence-corrected chi connectivity index (χ3v) is 3.02. The van der Waals surface area contributed by atoms with Crippen LogP contribution in [0.1, 0.15) is 5.56 Å². The van der Waals surface area contributed by atoms with Crippen LogP contribution in [0.3, 0.4) is 0 Å². The molecule has 1 aromatic carbocycles. The van der Waals surface area contributed by atoms with E-state index in [1.165, 1.54) is 25.3 Å². The molecular formula is C12H12Cl2FNO3. The van der Waals surface area contributed by atoms with Crippen LogP contribution < -0.4 is 5.32 Å². The summed E-state index contributed by atoms with van der Waals surface area (Å²) in [7, 11) is 1.19. The van der Waals surface area contributed by atoms with Crippen molar-refractivity contribution in [3.63, 3.8) is 0 Å². The summed E-state index contributed by atoms with van der Waals surface area (Å²) in [5.74, 6) is -1.69. The topological polar surface area (TPSA) is 55.4 Å². The van der Waals surface area contributed by atoms with E-state index in [0.29, 0.717) is 0 Å². The molecule has 4 nitrogen and oxygen atoms in total. The van der Waals surface area contributed by atoms with E-state index in [9.17, 15) is 14.0 Å². The number of rotatable bonds is 5. The van der Waals surface area contributed by atoms with Gasteiger partial charge in [-0.15, -0.1) is 11.6 Å². The van der Waals surface area contributed by atoms with E-state index in [-0.39, 0.29) is 23.6 Å². The molecule has 1 N–H and O–H groups in total. The number of benzene rings is 1. The molecular weight excluding hydrogens is 296 g/mol. The fourth-order valence-corrected chi connectivity index (χ4v) is 1.73. The number of alkyl halides is 1. The van der Waals surface area contributed by atoms with Gasteiger partial charge in [-0.05, 0) is 12.1 Å². The molecule has 0 aliphatic carbocycles. The first-order valence-electron chi connectivity index (χ1n) is 5.37. The first-order valence-corrected chi connectivity index (χ1v) is 6.18. The molecule has 0 saturated heterocycles. The zero-order valence-electron chi connectivity index (χ0n) is 10.1. The van der Waals surface area contributed by atoms with Crippen molar-refractivity contribution >= 4 is 35.1 Å². The number of halogens is 3. The highest BCUT2D eigenvalue weighted by Gasteiger charge is 2.17. The van der Waals surface area contributed by atoms with Gasteiger partial charge < -0.3 is 10.1 Å². The highest BCUT2D eigenvalue weighted by molar-refractivity contribution is 6.31. The summed E-state index contributed by atoms with van der Waals surface area (Å²) in [4.78, 5) is 22.6. The van der Waals surface area contributed by atoms with E-state index in [0.717, 1.165) is 0 Å². The maximum absolute atomic E-state index is 13.4. The molecule has 0 spiro atoms. The fourth-order valence-electron chi connectivity index (χ4n) is 1.34. The van der Waals surface area contributed by atoms with Crippen molar-refractivity contribution in [1.82, 2.24) is 5.32 Å². The van der Waals surface area contributed by atoms with Gasteiger partial charge in [0, 0.05) is 17.1 Å². The Morgan fingerprint density at radius 3 is 2.74 bits per heavy atom. The van der Waals surface area contributed by atoms with Crippen LogP contribution in [-0.4, -0.2) is 30.9 Å². The minimum Gasteiger partial charge on any atom is -0.468 e. The van der Waals surface area contributed by atoms with Gasteiger partial charge in [0.05, 0.1) is 13.5 Å². The van der Waals surface area contributed by atoms with E-state index in [4.69, 9.17) is 23.2 Å². The lowest BCUT2D eigenvalue weighted by atomic mass is 10.1. The van der Waals surface area contributed by atoms with Crippen molar-refractivity contribution in [3.8, 4) is 0 Å². The monoisotopic (exact) mass is 307 g/mol. The second-order valence-corrected chi connectivity index (χ2v) is 4.61. The van der Waals surface area contributed by atoms with Crippen molar-refractivity contribution in [1.29, 1.82) is 0 Å². The van der Waals surface area contributed by atoms with E-state index < -0.39 is 23.1 Å². The summed E-state index contributed by atoms with van der Waals surface area (Å²) in [5.41, 5.74) is 0.103. The number of hydrogen-bond acceptors (Lipinski definition) is 3. The quantitative estimate of drug-likeness (QED) is 0.668. The third-order valence-electron chi connectivity index (χ3n) is 2.33. The largest absolute Gasteiger partial charge is 0.468 e. The number of esters is 1. The molecule has 1 atom stereocenters. The first kappa shape index (κ1) is 15.7. The molecule has 1 aromatic rings. The predicted octanol–water partition coefficient (Wildman–Crippen LogP) is 1.92. The fraction of sp³-hybridized carbons (Fsp3) is 0.333. The van der Waals surface area contributed by atoms with Crippen LogP contribution in [0, 0.1) is 5.82 Å². The highest BCUT2D eigenvalue weighted by atomic mass is 35.5. The highest BCUT2D eigenvalue weighted by Crippen LogP contribution is 2.19. The van der Waals surface area contributed by atoms with E-state index in [1.807, 2.05) is 0 Å². The number of carbonyl (C=O) groups is 2. The van der Waals surface area contributed by atoms with Crippen molar-refractivity contribution in [2.45, 2.75) is 11.8 Å². The zero-order chi connectivity index (χ0) is 14.4. The molecule has 7 heteroatoms. The van der Waals surface area contributed by atoms with Crippen LogP contribution in [0.4, 0.5) is 4.39 Å². The molecule has 0 heterocycles. The number of hydrogen-bond donors (Lipinski definition) is 1. The minimum absolute atomic E-state index is 0.0981. The lowest BCUT2D eigenvalue weighted by molar-refractivity contribution is -0.140. The molecule has 1 unspecified atom stereocenters. The van der Waals surface area contributed by atoms with E-state index >= 15 is 0 Å². The second kappa shape index (κ2) is 7.31. The molecule has 1 amide bonds. The third kappa shape index (κ3) is 4.69. The molecule has 0 aliphatic heterocycles. The molecule has 0 bridgehead atoms. The molecule has 19 heavy (non-hydrogen) atoms. The second-order valence-electron chi connectivity index (χ2n) is 3.67. The maximum atomic E-state index is 13.4. The summed E-state index contributed by atoms with van der Waals surface area (Å²) < 4.78 is 17.8. The Morgan fingerprint density at radius 1 is 1.47 bits per heavy atom. The van der Waals surface area contributed by atoms with Crippen LogP contribution >= 0.6 is 23.2 Å². The number of amides is 1. The Morgan fingerprint density at radius 2 is 2.16 bits per heavy atom. The molecule has 0 radical (unpaired) electrons. The summed E-state index contributed by atoms with van der Waals surface area (Å²) >= 11 is 11.4. The van der Waals surface area contributed by atoms with Crippen molar-refractivity contribution in [2.75, 3.05) is 13.7 Å². The molecule has 0 saturated carbocycles. The van der Waals surface area contributed by atoms with Gasteiger partial charge in [-0.25, -0.2) is 4.39 Å². The lowest BCUT2D eigenvalue weighted by Crippen LogP contribution is -2.35. The van der Waals surface area contributed by atoms with E-state index in [1.54, 1.807) is 0 Å². The molecule has 0 fully saturated rings. The van der Waals surface area contributed by atoms with Crippen LogP contribution in [-0.2, 0) is 20.7 Å². The Kier molecular flexibility index (Phi) is 6.05. The van der Waals surface area contributed by atoms with Crippen molar-refractivity contribution in [3.05, 3.63) is 34.6 Å². The van der Waals surface area contributed by atoms with Gasteiger partial charge in [0.2, 0.25) is 5.91 Å². The van der Waals surface area contributed by atoms with E-state index in [2.05, 4.69) is 10.1 Å². The molecule has 0 aromatic heterocycles. The van der Waals surface area contributed by atoms with Crippen LogP contribution in [0.25, 0.3) is 0 Å². The summed E-state index contributed by atoms with van der Waals surface area (Å²) in [6.07, 6.45) is -0.226. The Labute approximate surface area is 119 Å². The van der Waals surface area contributed by atoms with Crippen LogP contribution in [0.2, 0.25) is 5.02 Å². The van der Waals surface area contributed by atoms with Crippen molar-refractivity contribution in [2.24, 2.45) is 0 Å². The summed E-state index contributed by atoms with van der Waals surface area (Å²) in [5, 5.41) is 1.59. The summed E-state index contributed by atoms with van der Waals surface area (Å²) in [6.45, 7) is -0.0981. The number of nitrogens with one attached hydrogen (secondary N) is 1. The zero-order valence-corrected chi connectivity index (χ0v) is 11.6. The van der Waals surface area contributed by atoms with Gasteiger partial charge in [0.1, 0.15) is 11.2 Å². The first-order chi connectivity index (χ1) is 8.95. The maximum Gasteiger partial charge on any atom is 0.325 e. The normalized spacial score (nSPS) is 11.8. The van der Waals surface area contributed by atoms with Gasteiger partial charge in [-0.3, -0.25) is 9.59 Å².